The van der Waals surface area contributed by atoms with Gasteiger partial charge in [-0.25, -0.2) is 0 Å². The second kappa shape index (κ2) is 8.46. The average Bonchev–Trinajstić information content (AvgIpc) is 2.60. The maximum absolute atomic E-state index is 12.6. The Morgan fingerprint density at radius 1 is 1.00 bits per heavy atom. The Bertz CT molecular complexity index is 670. The molecule has 0 saturated carbocycles. The van der Waals surface area contributed by atoms with E-state index in [-0.39, 0.29) is 18.0 Å². The second-order valence-electron chi connectivity index (χ2n) is 5.38. The van der Waals surface area contributed by atoms with Crippen molar-refractivity contribution in [3.05, 3.63) is 71.8 Å². The number of ketones is 2. The minimum absolute atomic E-state index is 0.222. The van der Waals surface area contributed by atoms with E-state index >= 15 is 0 Å². The number of nitrogens with two attached hydrogens (primary N) is 1. The summed E-state index contributed by atoms with van der Waals surface area (Å²) in [4.78, 5) is 25.2. The largest absolute Gasteiger partial charge is 0.321 e. The van der Waals surface area contributed by atoms with E-state index in [2.05, 4.69) is 0 Å². The molecule has 0 aliphatic heterocycles. The fourth-order valence-electron chi connectivity index (χ4n) is 2.48. The van der Waals surface area contributed by atoms with Gasteiger partial charge in [-0.3, -0.25) is 9.59 Å². The molecule has 0 radical (unpaired) electrons. The Hall–Kier alpha value is -2.17. The maximum Gasteiger partial charge on any atom is 0.173 e. The minimum Gasteiger partial charge on any atom is -0.321 e. The van der Waals surface area contributed by atoms with Crippen molar-refractivity contribution in [3.63, 3.8) is 0 Å². The predicted octanol–water partition coefficient (Wildman–Crippen LogP) is 3.01. The molecule has 0 heterocycles. The topological polar surface area (TPSA) is 60.2 Å². The van der Waals surface area contributed by atoms with Gasteiger partial charge in [0.2, 0.25) is 0 Å². The van der Waals surface area contributed by atoms with Gasteiger partial charge >= 0.3 is 0 Å². The van der Waals surface area contributed by atoms with Gasteiger partial charge in [-0.05, 0) is 23.8 Å². The third-order valence-corrected chi connectivity index (χ3v) is 3.91. The van der Waals surface area contributed by atoms with Crippen molar-refractivity contribution < 1.29 is 9.59 Å². The fourth-order valence-corrected chi connectivity index (χ4v) is 2.67. The summed E-state index contributed by atoms with van der Waals surface area (Å²) in [6, 6.07) is 17.6. The van der Waals surface area contributed by atoms with Crippen molar-refractivity contribution >= 4 is 29.2 Å². The monoisotopic (exact) mass is 325 g/mol. The Labute approximate surface area is 141 Å². The zero-order chi connectivity index (χ0) is 16.7. The van der Waals surface area contributed by atoms with E-state index < -0.39 is 12.0 Å². The van der Waals surface area contributed by atoms with Crippen LogP contribution in [0.5, 0.6) is 0 Å². The van der Waals surface area contributed by atoms with Gasteiger partial charge in [0.15, 0.2) is 11.6 Å². The molecule has 118 valence electrons. The highest BCUT2D eigenvalue weighted by molar-refractivity contribution is 7.78. The van der Waals surface area contributed by atoms with Crippen LogP contribution in [-0.4, -0.2) is 23.0 Å². The van der Waals surface area contributed by atoms with E-state index in [4.69, 9.17) is 18.0 Å². The van der Waals surface area contributed by atoms with Crippen molar-refractivity contribution in [2.75, 3.05) is 0 Å². The molecule has 2 atom stereocenters. The number of benzene rings is 2. The molecule has 2 N–H and O–H groups in total. The van der Waals surface area contributed by atoms with E-state index in [1.54, 1.807) is 24.3 Å². The highest BCUT2D eigenvalue weighted by Gasteiger charge is 2.30. The van der Waals surface area contributed by atoms with Crippen LogP contribution in [0.3, 0.4) is 0 Å². The number of thiocarbonyl (C=S) groups is 1. The van der Waals surface area contributed by atoms with E-state index in [0.717, 1.165) is 5.56 Å². The summed E-state index contributed by atoms with van der Waals surface area (Å²) < 4.78 is 0. The van der Waals surface area contributed by atoms with Gasteiger partial charge < -0.3 is 5.73 Å². The smallest absolute Gasteiger partial charge is 0.173 e. The molecular formula is C19H19NO2S. The summed E-state index contributed by atoms with van der Waals surface area (Å²) in [6.07, 6.45) is 0.639. The Balaban J connectivity index is 2.14. The molecule has 23 heavy (non-hydrogen) atoms. The van der Waals surface area contributed by atoms with E-state index in [9.17, 15) is 9.59 Å². The Kier molecular flexibility index (Phi) is 6.32. The van der Waals surface area contributed by atoms with Gasteiger partial charge in [0, 0.05) is 5.56 Å². The molecule has 0 saturated heterocycles. The summed E-state index contributed by atoms with van der Waals surface area (Å²) in [5.41, 5.74) is 7.53. The lowest BCUT2D eigenvalue weighted by Gasteiger charge is -2.18. The lowest BCUT2D eigenvalue weighted by molar-refractivity contribution is -0.122. The summed E-state index contributed by atoms with van der Waals surface area (Å²) in [5.74, 6) is -1.29. The molecule has 0 bridgehead atoms. The first-order valence-electron chi connectivity index (χ1n) is 7.49. The van der Waals surface area contributed by atoms with Gasteiger partial charge in [-0.2, -0.15) is 0 Å². The van der Waals surface area contributed by atoms with Crippen LogP contribution in [0, 0.1) is 5.92 Å². The third kappa shape index (κ3) is 4.65. The highest BCUT2D eigenvalue weighted by atomic mass is 32.1. The first-order chi connectivity index (χ1) is 11.1. The highest BCUT2D eigenvalue weighted by Crippen LogP contribution is 2.16. The lowest BCUT2D eigenvalue weighted by Crippen LogP contribution is -2.40. The summed E-state index contributed by atoms with van der Waals surface area (Å²) in [5, 5.41) is 1.43. The first kappa shape index (κ1) is 17.2. The van der Waals surface area contributed by atoms with Crippen molar-refractivity contribution in [2.24, 2.45) is 11.7 Å². The number of hydrogen-bond acceptors (Lipinski definition) is 4. The molecular weight excluding hydrogens is 306 g/mol. The van der Waals surface area contributed by atoms with Crippen LogP contribution in [0.25, 0.3) is 0 Å². The SMILES string of the molecule is N[C@@H](Cc1ccccc1)C(=O)C(CC=S)C(=O)c1ccccc1. The summed E-state index contributed by atoms with van der Waals surface area (Å²) >= 11 is 4.86. The number of rotatable bonds is 8. The standard InChI is InChI=1S/C19H19NO2S/c20-17(13-14-7-3-1-4-8-14)19(22)16(11-12-23)18(21)15-9-5-2-6-10-15/h1-10,12,16-17H,11,13,20H2/t16?,17-/m0/s1. The summed E-state index contributed by atoms with van der Waals surface area (Å²) in [6.45, 7) is 0. The molecule has 0 aliphatic carbocycles. The normalized spacial score (nSPS) is 13.1. The molecule has 2 aromatic rings. The Morgan fingerprint density at radius 2 is 1.57 bits per heavy atom. The zero-order valence-corrected chi connectivity index (χ0v) is 13.5. The van der Waals surface area contributed by atoms with Crippen LogP contribution in [0.15, 0.2) is 60.7 Å². The minimum atomic E-state index is -0.811. The van der Waals surface area contributed by atoms with Crippen LogP contribution < -0.4 is 5.73 Å². The molecule has 0 aromatic heterocycles. The first-order valence-corrected chi connectivity index (χ1v) is 7.96. The van der Waals surface area contributed by atoms with Gasteiger partial charge in [-0.1, -0.05) is 72.9 Å². The molecule has 0 amide bonds. The van der Waals surface area contributed by atoms with Gasteiger partial charge in [0.05, 0.1) is 12.0 Å². The predicted molar refractivity (Wildman–Crippen MR) is 95.7 cm³/mol. The van der Waals surface area contributed by atoms with E-state index in [0.29, 0.717) is 12.0 Å². The molecule has 2 aromatic carbocycles. The number of hydrogen-bond donors (Lipinski definition) is 1. The van der Waals surface area contributed by atoms with Gasteiger partial charge in [0.1, 0.15) is 0 Å². The zero-order valence-electron chi connectivity index (χ0n) is 12.7. The summed E-state index contributed by atoms with van der Waals surface area (Å²) in [7, 11) is 0. The lowest BCUT2D eigenvalue weighted by atomic mass is 9.86. The Morgan fingerprint density at radius 3 is 2.13 bits per heavy atom. The number of carbonyl (C=O) groups is 2. The number of Topliss-reactive ketones (excluding diaryl/α,β-unsaturated/α-hetero) is 2. The van der Waals surface area contributed by atoms with Gasteiger partial charge in [-0.15, -0.1) is 0 Å². The van der Waals surface area contributed by atoms with Crippen molar-refractivity contribution in [1.29, 1.82) is 0 Å². The van der Waals surface area contributed by atoms with E-state index in [1.807, 2.05) is 36.4 Å². The van der Waals surface area contributed by atoms with Crippen molar-refractivity contribution in [3.8, 4) is 0 Å². The molecule has 0 spiro atoms. The average molecular weight is 325 g/mol. The fraction of sp³-hybridized carbons (Fsp3) is 0.211. The molecule has 0 aliphatic rings. The van der Waals surface area contributed by atoms with Gasteiger partial charge in [0.25, 0.3) is 0 Å². The molecule has 2 rings (SSSR count). The third-order valence-electron chi connectivity index (χ3n) is 3.71. The van der Waals surface area contributed by atoms with Crippen molar-refractivity contribution in [1.82, 2.24) is 0 Å². The molecule has 4 heteroatoms. The van der Waals surface area contributed by atoms with Crippen LogP contribution >= 0.6 is 12.2 Å². The maximum atomic E-state index is 12.6. The van der Waals surface area contributed by atoms with Crippen LogP contribution in [0.4, 0.5) is 0 Å². The van der Waals surface area contributed by atoms with Crippen LogP contribution in [-0.2, 0) is 11.2 Å². The molecule has 0 fully saturated rings. The molecule has 1 unspecified atom stereocenters. The van der Waals surface area contributed by atoms with E-state index in [1.165, 1.54) is 5.37 Å². The second-order valence-corrected chi connectivity index (χ2v) is 5.72. The number of carbonyl (C=O) groups excluding carboxylic acids is 2. The van der Waals surface area contributed by atoms with Crippen LogP contribution in [0.2, 0.25) is 0 Å². The van der Waals surface area contributed by atoms with Crippen molar-refractivity contribution in [2.45, 2.75) is 18.9 Å². The van der Waals surface area contributed by atoms with Crippen LogP contribution in [0.1, 0.15) is 22.3 Å². The molecule has 3 nitrogen and oxygen atoms in total. The quantitative estimate of drug-likeness (QED) is 0.460.